The third kappa shape index (κ3) is 6.36. The molecule has 0 aliphatic carbocycles. The van der Waals surface area contributed by atoms with E-state index in [4.69, 9.17) is 26.1 Å². The Bertz CT molecular complexity index is 1420. The van der Waals surface area contributed by atoms with Crippen molar-refractivity contribution in [3.8, 4) is 0 Å². The van der Waals surface area contributed by atoms with Crippen LogP contribution in [0.4, 0.5) is 0 Å². The molecule has 10 heteroatoms. The second-order valence-corrected chi connectivity index (χ2v) is 11.3. The number of benzene rings is 2. The fraction of sp³-hybridized carbons (Fsp3) is 0.355. The smallest absolute Gasteiger partial charge is 0.338 e. The molecule has 2 aromatic rings. The molecule has 2 atom stereocenters. The van der Waals surface area contributed by atoms with E-state index >= 15 is 0 Å². The predicted octanol–water partition coefficient (Wildman–Crippen LogP) is 5.85. The van der Waals surface area contributed by atoms with E-state index in [0.717, 1.165) is 12.0 Å². The molecular weight excluding hydrogens is 562 g/mol. The zero-order valence-electron chi connectivity index (χ0n) is 23.0. The summed E-state index contributed by atoms with van der Waals surface area (Å²) in [5.41, 5.74) is 3.22. The maximum absolute atomic E-state index is 13.6. The summed E-state index contributed by atoms with van der Waals surface area (Å²) in [6.45, 7) is 4.93. The number of fused-ring (bicyclic) bond motifs is 1. The van der Waals surface area contributed by atoms with Crippen LogP contribution in [0.25, 0.3) is 0 Å². The van der Waals surface area contributed by atoms with E-state index in [0.29, 0.717) is 58.8 Å². The SMILES string of the molecule is CCOC(=O)[C@H]1CCCN(C(=O)CC2=CSC3=NC(C)=C(C(=O)OCc4ccccc4)[C@H](c4ccccc4Cl)N23)C1. The Morgan fingerprint density at radius 1 is 1.07 bits per heavy atom. The molecule has 214 valence electrons. The van der Waals surface area contributed by atoms with Gasteiger partial charge in [0, 0.05) is 23.8 Å². The summed E-state index contributed by atoms with van der Waals surface area (Å²) < 4.78 is 11.0. The highest BCUT2D eigenvalue weighted by Crippen LogP contribution is 2.46. The summed E-state index contributed by atoms with van der Waals surface area (Å²) >= 11 is 8.11. The van der Waals surface area contributed by atoms with E-state index in [-0.39, 0.29) is 30.8 Å². The van der Waals surface area contributed by atoms with E-state index in [2.05, 4.69) is 0 Å². The van der Waals surface area contributed by atoms with Crippen molar-refractivity contribution < 1.29 is 23.9 Å². The molecule has 1 fully saturated rings. The van der Waals surface area contributed by atoms with Gasteiger partial charge in [0.05, 0.1) is 36.3 Å². The summed E-state index contributed by atoms with van der Waals surface area (Å²) in [4.78, 5) is 47.9. The van der Waals surface area contributed by atoms with Gasteiger partial charge in [-0.3, -0.25) is 9.59 Å². The van der Waals surface area contributed by atoms with E-state index < -0.39 is 12.0 Å². The number of piperidine rings is 1. The third-order valence-corrected chi connectivity index (χ3v) is 8.59. The first-order chi connectivity index (χ1) is 19.9. The van der Waals surface area contributed by atoms with Crippen LogP contribution in [0.15, 0.2) is 82.0 Å². The standard InChI is InChI=1S/C31H32ClN3O5S/c1-3-39-29(37)22-12-9-15-34(17-22)26(36)16-23-19-41-31-33-20(2)27(30(38)40-18-21-10-5-4-6-11-21)28(35(23)31)24-13-7-8-14-25(24)32/h4-8,10-11,13-14,19,22,28H,3,9,12,15-18H2,1-2H3/t22-,28-/m0/s1. The number of ether oxygens (including phenoxy) is 2. The molecule has 3 aliphatic heterocycles. The van der Waals surface area contributed by atoms with Crippen molar-refractivity contribution in [1.82, 2.24) is 9.80 Å². The summed E-state index contributed by atoms with van der Waals surface area (Å²) in [5, 5.41) is 3.06. The van der Waals surface area contributed by atoms with Crippen LogP contribution in [-0.2, 0) is 30.5 Å². The molecule has 0 N–H and O–H groups in total. The highest BCUT2D eigenvalue weighted by atomic mass is 35.5. The minimum atomic E-state index is -0.623. The van der Waals surface area contributed by atoms with Crippen LogP contribution in [0, 0.1) is 5.92 Å². The molecule has 0 saturated carbocycles. The molecule has 0 spiro atoms. The first-order valence-corrected chi connectivity index (χ1v) is 15.0. The number of aliphatic imine (C=N–C) groups is 1. The minimum Gasteiger partial charge on any atom is -0.466 e. The lowest BCUT2D eigenvalue weighted by molar-refractivity contribution is -0.151. The van der Waals surface area contributed by atoms with Crippen molar-refractivity contribution in [1.29, 1.82) is 0 Å². The highest BCUT2D eigenvalue weighted by Gasteiger charge is 2.42. The largest absolute Gasteiger partial charge is 0.466 e. The van der Waals surface area contributed by atoms with Crippen molar-refractivity contribution in [2.45, 2.75) is 45.8 Å². The van der Waals surface area contributed by atoms with Crippen LogP contribution in [0.1, 0.15) is 50.3 Å². The second kappa shape index (κ2) is 13.0. The summed E-state index contributed by atoms with van der Waals surface area (Å²) in [6, 6.07) is 16.2. The Labute approximate surface area is 249 Å². The molecule has 0 aromatic heterocycles. The van der Waals surface area contributed by atoms with Crippen LogP contribution >= 0.6 is 23.4 Å². The van der Waals surface area contributed by atoms with Gasteiger partial charge in [-0.2, -0.15) is 0 Å². The number of rotatable bonds is 8. The molecular formula is C31H32ClN3O5S. The number of hydrogen-bond donors (Lipinski definition) is 0. The van der Waals surface area contributed by atoms with Crippen LogP contribution in [0.3, 0.4) is 0 Å². The van der Waals surface area contributed by atoms with Gasteiger partial charge in [0.2, 0.25) is 5.91 Å². The van der Waals surface area contributed by atoms with Gasteiger partial charge >= 0.3 is 11.9 Å². The number of carbonyl (C=O) groups is 3. The molecule has 1 amide bonds. The lowest BCUT2D eigenvalue weighted by Crippen LogP contribution is -2.44. The summed E-state index contributed by atoms with van der Waals surface area (Å²) in [7, 11) is 0. The summed E-state index contributed by atoms with van der Waals surface area (Å²) in [6.07, 6.45) is 1.53. The minimum absolute atomic E-state index is 0.0912. The van der Waals surface area contributed by atoms with E-state index in [1.807, 2.05) is 58.8 Å². The van der Waals surface area contributed by atoms with Crippen molar-refractivity contribution in [3.05, 3.63) is 93.1 Å². The monoisotopic (exact) mass is 593 g/mol. The normalized spacial score (nSPS) is 20.3. The fourth-order valence-electron chi connectivity index (χ4n) is 5.35. The van der Waals surface area contributed by atoms with Crippen LogP contribution in [-0.4, -0.2) is 52.5 Å². The Morgan fingerprint density at radius 3 is 2.59 bits per heavy atom. The Kier molecular flexibility index (Phi) is 9.15. The quantitative estimate of drug-likeness (QED) is 0.355. The average molecular weight is 594 g/mol. The van der Waals surface area contributed by atoms with Gasteiger partial charge in [-0.05, 0) is 49.3 Å². The topological polar surface area (TPSA) is 88.5 Å². The van der Waals surface area contributed by atoms with Gasteiger partial charge in [-0.1, -0.05) is 71.9 Å². The molecule has 5 rings (SSSR count). The van der Waals surface area contributed by atoms with Gasteiger partial charge in [0.15, 0.2) is 5.17 Å². The number of allylic oxidation sites excluding steroid dienone is 1. The molecule has 0 radical (unpaired) electrons. The van der Waals surface area contributed by atoms with E-state index in [1.54, 1.807) is 24.8 Å². The molecule has 3 aliphatic rings. The summed E-state index contributed by atoms with van der Waals surface area (Å²) in [5.74, 6) is -1.16. The average Bonchev–Trinajstić information content (AvgIpc) is 3.38. The van der Waals surface area contributed by atoms with Crippen molar-refractivity contribution in [2.75, 3.05) is 19.7 Å². The zero-order valence-corrected chi connectivity index (χ0v) is 24.6. The molecule has 41 heavy (non-hydrogen) atoms. The maximum atomic E-state index is 13.6. The van der Waals surface area contributed by atoms with Crippen molar-refractivity contribution >= 4 is 46.4 Å². The Hall–Kier alpha value is -3.56. The van der Waals surface area contributed by atoms with Crippen LogP contribution in [0.2, 0.25) is 5.02 Å². The fourth-order valence-corrected chi connectivity index (χ4v) is 6.55. The molecule has 2 aromatic carbocycles. The van der Waals surface area contributed by atoms with Crippen LogP contribution in [0.5, 0.6) is 0 Å². The molecule has 8 nitrogen and oxygen atoms in total. The maximum Gasteiger partial charge on any atom is 0.338 e. The molecule has 0 bridgehead atoms. The molecule has 3 heterocycles. The number of thioether (sulfide) groups is 1. The number of amidine groups is 1. The van der Waals surface area contributed by atoms with Gasteiger partial charge in [0.1, 0.15) is 6.61 Å². The first kappa shape index (κ1) is 29.0. The lowest BCUT2D eigenvalue weighted by Gasteiger charge is -2.37. The van der Waals surface area contributed by atoms with Gasteiger partial charge in [0.25, 0.3) is 0 Å². The van der Waals surface area contributed by atoms with Gasteiger partial charge < -0.3 is 19.3 Å². The lowest BCUT2D eigenvalue weighted by atomic mass is 9.93. The molecule has 1 saturated heterocycles. The highest BCUT2D eigenvalue weighted by molar-refractivity contribution is 8.16. The van der Waals surface area contributed by atoms with E-state index in [9.17, 15) is 14.4 Å². The van der Waals surface area contributed by atoms with Gasteiger partial charge in [-0.25, -0.2) is 9.79 Å². The van der Waals surface area contributed by atoms with Crippen LogP contribution < -0.4 is 0 Å². The first-order valence-electron chi connectivity index (χ1n) is 13.7. The van der Waals surface area contributed by atoms with Crippen molar-refractivity contribution in [2.24, 2.45) is 10.9 Å². The number of hydrogen-bond acceptors (Lipinski definition) is 8. The third-order valence-electron chi connectivity index (χ3n) is 7.36. The van der Waals surface area contributed by atoms with E-state index in [1.165, 1.54) is 11.8 Å². The number of esters is 2. The number of nitrogens with zero attached hydrogens (tertiary/aromatic N) is 3. The Balaban J connectivity index is 1.40. The van der Waals surface area contributed by atoms with Crippen molar-refractivity contribution in [3.63, 3.8) is 0 Å². The number of likely N-dealkylation sites (tertiary alicyclic amines) is 1. The number of amides is 1. The second-order valence-electron chi connectivity index (χ2n) is 10.1. The number of carbonyl (C=O) groups excluding carboxylic acids is 3. The Morgan fingerprint density at radius 2 is 1.83 bits per heavy atom. The number of halogens is 1. The predicted molar refractivity (Wildman–Crippen MR) is 159 cm³/mol. The van der Waals surface area contributed by atoms with Gasteiger partial charge in [-0.15, -0.1) is 0 Å². The molecule has 0 unspecified atom stereocenters. The zero-order chi connectivity index (χ0) is 28.9.